The Morgan fingerprint density at radius 2 is 1.76 bits per heavy atom. The van der Waals surface area contributed by atoms with Crippen LogP contribution >= 0.6 is 11.6 Å². The number of ether oxygens (including phenoxy) is 1. The monoisotopic (exact) mass is 355 g/mol. The predicted molar refractivity (Wildman–Crippen MR) is 98.3 cm³/mol. The van der Waals surface area contributed by atoms with Crippen LogP contribution in [0.3, 0.4) is 0 Å². The summed E-state index contributed by atoms with van der Waals surface area (Å²) in [6.45, 7) is 0.290. The molecule has 2 aromatic carbocycles. The van der Waals surface area contributed by atoms with Crippen molar-refractivity contribution >= 4 is 29.2 Å². The summed E-state index contributed by atoms with van der Waals surface area (Å²) in [4.78, 5) is 25.9. The topological polar surface area (TPSA) is 46.6 Å². The zero-order chi connectivity index (χ0) is 18.1. The number of alkyl halides is 1. The number of carbonyl (C=O) groups excluding carboxylic acids is 2. The van der Waals surface area contributed by atoms with Crippen LogP contribution in [0.15, 0.2) is 54.6 Å². The molecule has 2 aromatic rings. The van der Waals surface area contributed by atoms with E-state index in [2.05, 4.69) is 5.92 Å². The molecule has 0 N–H and O–H groups in total. The van der Waals surface area contributed by atoms with Crippen molar-refractivity contribution in [3.05, 3.63) is 65.7 Å². The van der Waals surface area contributed by atoms with Crippen LogP contribution < -0.4 is 4.90 Å². The Morgan fingerprint density at radius 3 is 2.44 bits per heavy atom. The third-order valence-electron chi connectivity index (χ3n) is 3.53. The lowest BCUT2D eigenvalue weighted by atomic mass is 10.1. The first-order chi connectivity index (χ1) is 12.2. The van der Waals surface area contributed by atoms with E-state index in [0.29, 0.717) is 17.8 Å². The lowest BCUT2D eigenvalue weighted by Gasteiger charge is -2.24. The molecule has 0 radical (unpaired) electrons. The fourth-order valence-corrected chi connectivity index (χ4v) is 2.54. The van der Waals surface area contributed by atoms with Crippen LogP contribution in [0, 0.1) is 12.3 Å². The number of nitrogens with zero attached hydrogens (tertiary/aromatic N) is 1. The standard InChI is InChI=1S/C20H18ClNO3/c1-2-12-25-20(24)13-17-10-6-7-11-18(17)22(19(23)14-21)15-16-8-4-3-5-9-16/h1,3-11H,12-15H2. The molecule has 0 aromatic heterocycles. The summed E-state index contributed by atoms with van der Waals surface area (Å²) in [5, 5.41) is 0. The first-order valence-electron chi connectivity index (χ1n) is 7.73. The molecule has 25 heavy (non-hydrogen) atoms. The van der Waals surface area contributed by atoms with Gasteiger partial charge in [-0.15, -0.1) is 18.0 Å². The van der Waals surface area contributed by atoms with E-state index < -0.39 is 5.97 Å². The second-order valence-electron chi connectivity index (χ2n) is 5.27. The molecule has 128 valence electrons. The van der Waals surface area contributed by atoms with E-state index in [1.807, 2.05) is 36.4 Å². The van der Waals surface area contributed by atoms with Crippen LogP contribution in [0.5, 0.6) is 0 Å². The van der Waals surface area contributed by atoms with Gasteiger partial charge in [-0.1, -0.05) is 54.5 Å². The molecule has 0 saturated carbocycles. The molecule has 0 aliphatic rings. The van der Waals surface area contributed by atoms with Crippen molar-refractivity contribution in [3.8, 4) is 12.3 Å². The van der Waals surface area contributed by atoms with E-state index in [0.717, 1.165) is 5.56 Å². The number of halogens is 1. The Balaban J connectivity index is 2.29. The van der Waals surface area contributed by atoms with Crippen molar-refractivity contribution in [2.45, 2.75) is 13.0 Å². The molecular weight excluding hydrogens is 338 g/mol. The minimum absolute atomic E-state index is 0.0265. The number of hydrogen-bond donors (Lipinski definition) is 0. The van der Waals surface area contributed by atoms with Gasteiger partial charge in [-0.2, -0.15) is 0 Å². The van der Waals surface area contributed by atoms with Crippen LogP contribution in [0.1, 0.15) is 11.1 Å². The zero-order valence-electron chi connectivity index (χ0n) is 13.7. The van der Waals surface area contributed by atoms with Gasteiger partial charge in [0.1, 0.15) is 5.88 Å². The molecule has 0 spiro atoms. The van der Waals surface area contributed by atoms with Gasteiger partial charge in [0.15, 0.2) is 6.61 Å². The molecule has 0 aliphatic carbocycles. The van der Waals surface area contributed by atoms with Gasteiger partial charge in [0.25, 0.3) is 0 Å². The molecule has 0 saturated heterocycles. The van der Waals surface area contributed by atoms with Crippen LogP contribution in [-0.4, -0.2) is 24.4 Å². The first kappa shape index (κ1) is 18.6. The number of rotatable bonds is 7. The van der Waals surface area contributed by atoms with Crippen LogP contribution in [0.4, 0.5) is 5.69 Å². The number of carbonyl (C=O) groups is 2. The summed E-state index contributed by atoms with van der Waals surface area (Å²) in [5.74, 6) is 1.42. The lowest BCUT2D eigenvalue weighted by Crippen LogP contribution is -2.32. The zero-order valence-corrected chi connectivity index (χ0v) is 14.4. The highest BCUT2D eigenvalue weighted by atomic mass is 35.5. The first-order valence-corrected chi connectivity index (χ1v) is 8.26. The Bertz CT molecular complexity index is 768. The largest absolute Gasteiger partial charge is 0.452 e. The Labute approximate surface area is 152 Å². The van der Waals surface area contributed by atoms with Gasteiger partial charge in [0, 0.05) is 5.69 Å². The van der Waals surface area contributed by atoms with Crippen molar-refractivity contribution in [2.75, 3.05) is 17.4 Å². The summed E-state index contributed by atoms with van der Waals surface area (Å²) in [6, 6.07) is 16.8. The maximum absolute atomic E-state index is 12.4. The minimum Gasteiger partial charge on any atom is -0.452 e. The maximum atomic E-state index is 12.4. The number of anilines is 1. The molecule has 0 fully saturated rings. The molecule has 5 heteroatoms. The van der Waals surface area contributed by atoms with Crippen molar-refractivity contribution in [2.24, 2.45) is 0 Å². The average Bonchev–Trinajstić information content (AvgIpc) is 2.65. The molecule has 2 rings (SSSR count). The predicted octanol–water partition coefficient (Wildman–Crippen LogP) is 3.18. The fourth-order valence-electron chi connectivity index (χ4n) is 2.40. The van der Waals surface area contributed by atoms with E-state index in [1.165, 1.54) is 0 Å². The van der Waals surface area contributed by atoms with Gasteiger partial charge >= 0.3 is 5.97 Å². The average molecular weight is 356 g/mol. The Kier molecular flexibility index (Phi) is 7.06. The van der Waals surface area contributed by atoms with Crippen molar-refractivity contribution in [1.82, 2.24) is 0 Å². The summed E-state index contributed by atoms with van der Waals surface area (Å²) in [5.41, 5.74) is 2.28. The third kappa shape index (κ3) is 5.37. The third-order valence-corrected chi connectivity index (χ3v) is 3.76. The number of hydrogen-bond acceptors (Lipinski definition) is 3. The van der Waals surface area contributed by atoms with E-state index in [1.54, 1.807) is 23.1 Å². The molecule has 4 nitrogen and oxygen atoms in total. The SMILES string of the molecule is C#CCOC(=O)Cc1ccccc1N(Cc1ccccc1)C(=O)CCl. The molecule has 0 unspecified atom stereocenters. The molecule has 1 amide bonds. The van der Waals surface area contributed by atoms with Crippen molar-refractivity contribution in [3.63, 3.8) is 0 Å². The van der Waals surface area contributed by atoms with Gasteiger partial charge < -0.3 is 9.64 Å². The highest BCUT2D eigenvalue weighted by molar-refractivity contribution is 6.29. The Hall–Kier alpha value is -2.77. The van der Waals surface area contributed by atoms with E-state index in [4.69, 9.17) is 22.8 Å². The highest BCUT2D eigenvalue weighted by Crippen LogP contribution is 2.24. The maximum Gasteiger partial charge on any atom is 0.311 e. The molecule has 0 atom stereocenters. The second kappa shape index (κ2) is 9.51. The van der Waals surface area contributed by atoms with Gasteiger partial charge in [0.2, 0.25) is 5.91 Å². The molecule has 0 bridgehead atoms. The van der Waals surface area contributed by atoms with E-state index in [9.17, 15) is 9.59 Å². The van der Waals surface area contributed by atoms with E-state index >= 15 is 0 Å². The molecular formula is C20H18ClNO3. The molecule has 0 aliphatic heterocycles. The Morgan fingerprint density at radius 1 is 1.08 bits per heavy atom. The normalized spacial score (nSPS) is 9.92. The van der Waals surface area contributed by atoms with Crippen molar-refractivity contribution < 1.29 is 14.3 Å². The highest BCUT2D eigenvalue weighted by Gasteiger charge is 2.19. The van der Waals surface area contributed by atoms with Crippen LogP contribution in [-0.2, 0) is 27.3 Å². The molecule has 0 heterocycles. The number of benzene rings is 2. The van der Waals surface area contributed by atoms with Crippen LogP contribution in [0.25, 0.3) is 0 Å². The summed E-state index contributed by atoms with van der Waals surface area (Å²) in [7, 11) is 0. The van der Waals surface area contributed by atoms with Crippen molar-refractivity contribution in [1.29, 1.82) is 0 Å². The number of amides is 1. The number of para-hydroxylation sites is 1. The fraction of sp³-hybridized carbons (Fsp3) is 0.200. The van der Waals surface area contributed by atoms with Gasteiger partial charge in [-0.3, -0.25) is 9.59 Å². The lowest BCUT2D eigenvalue weighted by molar-refractivity contribution is -0.141. The summed E-state index contributed by atoms with van der Waals surface area (Å²) in [6.07, 6.45) is 5.12. The smallest absolute Gasteiger partial charge is 0.311 e. The van der Waals surface area contributed by atoms with Gasteiger partial charge in [-0.25, -0.2) is 0 Å². The summed E-state index contributed by atoms with van der Waals surface area (Å²) < 4.78 is 4.93. The second-order valence-corrected chi connectivity index (χ2v) is 5.54. The van der Waals surface area contributed by atoms with Gasteiger partial charge in [-0.05, 0) is 17.2 Å². The van der Waals surface area contributed by atoms with E-state index in [-0.39, 0.29) is 24.8 Å². The van der Waals surface area contributed by atoms with Gasteiger partial charge in [0.05, 0.1) is 13.0 Å². The number of terminal acetylenes is 1. The quantitative estimate of drug-likeness (QED) is 0.435. The number of esters is 1. The minimum atomic E-state index is -0.441. The van der Waals surface area contributed by atoms with Crippen LogP contribution in [0.2, 0.25) is 0 Å². The summed E-state index contributed by atoms with van der Waals surface area (Å²) >= 11 is 5.78.